The molecule has 0 spiro atoms. The molecule has 5 heteroatoms. The molecule has 1 heterocycles. The highest BCUT2D eigenvalue weighted by atomic mass is 16.5. The molecule has 19 heavy (non-hydrogen) atoms. The lowest BCUT2D eigenvalue weighted by molar-refractivity contribution is 0.110. The van der Waals surface area contributed by atoms with Gasteiger partial charge in [0.25, 0.3) is 0 Å². The highest BCUT2D eigenvalue weighted by Crippen LogP contribution is 2.29. The van der Waals surface area contributed by atoms with Crippen LogP contribution in [-0.4, -0.2) is 21.2 Å². The van der Waals surface area contributed by atoms with E-state index >= 15 is 0 Å². The van der Waals surface area contributed by atoms with E-state index < -0.39 is 11.2 Å². The fourth-order valence-corrected chi connectivity index (χ4v) is 1.31. The zero-order valence-corrected chi connectivity index (χ0v) is 12.7. The predicted molar refractivity (Wildman–Crippen MR) is 72.2 cm³/mol. The van der Waals surface area contributed by atoms with Gasteiger partial charge < -0.3 is 9.47 Å². The van der Waals surface area contributed by atoms with Crippen molar-refractivity contribution in [2.75, 3.05) is 0 Å². The van der Waals surface area contributed by atoms with Crippen LogP contribution >= 0.6 is 0 Å². The smallest absolute Gasteiger partial charge is 0.238 e. The number of ether oxygens (including phenoxy) is 2. The van der Waals surface area contributed by atoms with Gasteiger partial charge in [-0.3, -0.25) is 0 Å². The highest BCUT2D eigenvalue weighted by Gasteiger charge is 2.22. The number of hydrogen-bond donors (Lipinski definition) is 0. The Bertz CT molecular complexity index is 468. The summed E-state index contributed by atoms with van der Waals surface area (Å²) in [7, 11) is 0. The molecule has 0 radical (unpaired) electrons. The molecule has 1 aromatic heterocycles. The van der Waals surface area contributed by atoms with Crippen molar-refractivity contribution in [3.63, 3.8) is 0 Å². The molecule has 0 saturated carbocycles. The van der Waals surface area contributed by atoms with Crippen molar-refractivity contribution in [2.45, 2.75) is 59.7 Å². The number of rotatable bonds is 2. The Hall–Kier alpha value is -1.83. The fourth-order valence-electron chi connectivity index (χ4n) is 1.31. The van der Waals surface area contributed by atoms with E-state index in [9.17, 15) is 0 Å². The van der Waals surface area contributed by atoms with Crippen molar-refractivity contribution in [2.24, 2.45) is 0 Å². The quantitative estimate of drug-likeness (QED) is 0.820. The molecule has 0 aliphatic carbocycles. The van der Waals surface area contributed by atoms with E-state index in [1.807, 2.05) is 54.5 Å². The summed E-state index contributed by atoms with van der Waals surface area (Å²) in [5.74, 6) is 0.820. The monoisotopic (exact) mass is 263 g/mol. The second kappa shape index (κ2) is 5.04. The van der Waals surface area contributed by atoms with E-state index in [0.717, 1.165) is 0 Å². The van der Waals surface area contributed by atoms with Gasteiger partial charge in [0.1, 0.15) is 17.3 Å². The molecule has 1 rings (SSSR count). The van der Waals surface area contributed by atoms with Gasteiger partial charge in [0.2, 0.25) is 17.6 Å². The third kappa shape index (κ3) is 4.74. The molecular weight excluding hydrogens is 242 g/mol. The Morgan fingerprint density at radius 2 is 1.26 bits per heavy atom. The molecule has 0 bridgehead atoms. The lowest BCUT2D eigenvalue weighted by atomic mass is 10.2. The molecule has 0 atom stereocenters. The normalized spacial score (nSPS) is 11.9. The predicted octanol–water partition coefficient (Wildman–Crippen LogP) is 3.01. The maximum absolute atomic E-state index is 8.99. The van der Waals surface area contributed by atoms with Gasteiger partial charge in [-0.05, 0) is 48.5 Å². The van der Waals surface area contributed by atoms with Gasteiger partial charge in [-0.1, -0.05) is 0 Å². The van der Waals surface area contributed by atoms with Crippen LogP contribution in [0.3, 0.4) is 0 Å². The average Bonchev–Trinajstić information content (AvgIpc) is 2.19. The van der Waals surface area contributed by atoms with Crippen LogP contribution in [0.15, 0.2) is 0 Å². The molecule has 0 saturated heterocycles. The first-order valence-corrected chi connectivity index (χ1v) is 6.18. The molecule has 0 fully saturated rings. The molecule has 0 N–H and O–H groups in total. The molecule has 5 nitrogen and oxygen atoms in total. The maximum atomic E-state index is 8.99. The summed E-state index contributed by atoms with van der Waals surface area (Å²) < 4.78 is 11.5. The minimum absolute atomic E-state index is 0.0455. The maximum Gasteiger partial charge on any atom is 0.238 e. The van der Waals surface area contributed by atoms with Crippen LogP contribution in [0.25, 0.3) is 0 Å². The fraction of sp³-hybridized carbons (Fsp3) is 0.643. The van der Waals surface area contributed by atoms with Crippen molar-refractivity contribution in [1.82, 2.24) is 9.97 Å². The number of nitriles is 1. The van der Waals surface area contributed by atoms with Crippen molar-refractivity contribution < 1.29 is 9.47 Å². The highest BCUT2D eigenvalue weighted by molar-refractivity contribution is 5.37. The molecule has 0 aliphatic rings. The van der Waals surface area contributed by atoms with Crippen LogP contribution in [0.1, 0.15) is 52.9 Å². The van der Waals surface area contributed by atoms with Gasteiger partial charge in [0.05, 0.1) is 5.56 Å². The lowest BCUT2D eigenvalue weighted by Crippen LogP contribution is -2.26. The molecule has 0 unspecified atom stereocenters. The number of nitrogens with zero attached hydrogens (tertiary/aromatic N) is 3. The number of hydrogen-bond acceptors (Lipinski definition) is 5. The summed E-state index contributed by atoms with van der Waals surface area (Å²) >= 11 is 0. The van der Waals surface area contributed by atoms with Crippen LogP contribution in [0.4, 0.5) is 0 Å². The SMILES string of the molecule is Cc1c(OC(C)(C)C)nc(C#N)nc1OC(C)(C)C. The summed E-state index contributed by atoms with van der Waals surface area (Å²) in [6.45, 7) is 13.4. The van der Waals surface area contributed by atoms with E-state index in [0.29, 0.717) is 17.3 Å². The van der Waals surface area contributed by atoms with Gasteiger partial charge >= 0.3 is 0 Å². The van der Waals surface area contributed by atoms with E-state index in [1.165, 1.54) is 0 Å². The number of aromatic nitrogens is 2. The van der Waals surface area contributed by atoms with Crippen molar-refractivity contribution in [1.29, 1.82) is 5.26 Å². The van der Waals surface area contributed by atoms with E-state index in [2.05, 4.69) is 9.97 Å². The molecular formula is C14H21N3O2. The zero-order chi connectivity index (χ0) is 14.8. The Morgan fingerprint density at radius 1 is 0.895 bits per heavy atom. The topological polar surface area (TPSA) is 68.0 Å². The Balaban J connectivity index is 3.26. The Kier molecular flexibility index (Phi) is 4.04. The minimum Gasteiger partial charge on any atom is -0.472 e. The third-order valence-corrected chi connectivity index (χ3v) is 1.96. The standard InChI is InChI=1S/C14H21N3O2/c1-9-11(18-13(2,3)4)16-10(8-15)17-12(9)19-14(5,6)7/h1-7H3. The Morgan fingerprint density at radius 3 is 1.53 bits per heavy atom. The third-order valence-electron chi connectivity index (χ3n) is 1.96. The second-order valence-corrected chi connectivity index (χ2v) is 6.32. The summed E-state index contributed by atoms with van der Waals surface area (Å²) in [5.41, 5.74) is -0.0979. The van der Waals surface area contributed by atoms with Crippen LogP contribution in [0, 0.1) is 18.3 Å². The average molecular weight is 263 g/mol. The zero-order valence-electron chi connectivity index (χ0n) is 12.7. The van der Waals surface area contributed by atoms with Gasteiger partial charge in [-0.25, -0.2) is 0 Å². The first-order valence-electron chi connectivity index (χ1n) is 6.18. The minimum atomic E-state index is -0.398. The molecule has 0 amide bonds. The van der Waals surface area contributed by atoms with Crippen LogP contribution in [-0.2, 0) is 0 Å². The van der Waals surface area contributed by atoms with Crippen molar-refractivity contribution in [3.8, 4) is 17.8 Å². The van der Waals surface area contributed by atoms with E-state index in [-0.39, 0.29) is 5.82 Å². The van der Waals surface area contributed by atoms with Gasteiger partial charge in [0, 0.05) is 0 Å². The van der Waals surface area contributed by atoms with Gasteiger partial charge in [-0.2, -0.15) is 15.2 Å². The summed E-state index contributed by atoms with van der Waals surface area (Å²) in [4.78, 5) is 8.18. The Labute approximate surface area is 114 Å². The summed E-state index contributed by atoms with van der Waals surface area (Å²) in [6, 6.07) is 1.92. The molecule has 104 valence electrons. The molecule has 1 aromatic rings. The van der Waals surface area contributed by atoms with Crippen LogP contribution < -0.4 is 9.47 Å². The first kappa shape index (κ1) is 15.2. The van der Waals surface area contributed by atoms with Crippen molar-refractivity contribution in [3.05, 3.63) is 11.4 Å². The lowest BCUT2D eigenvalue weighted by Gasteiger charge is -2.25. The van der Waals surface area contributed by atoms with Gasteiger partial charge in [-0.15, -0.1) is 0 Å². The molecule has 0 aromatic carbocycles. The van der Waals surface area contributed by atoms with E-state index in [4.69, 9.17) is 14.7 Å². The van der Waals surface area contributed by atoms with Crippen molar-refractivity contribution >= 4 is 0 Å². The summed E-state index contributed by atoms with van der Waals surface area (Å²) in [5, 5.41) is 8.99. The summed E-state index contributed by atoms with van der Waals surface area (Å²) in [6.07, 6.45) is 0. The van der Waals surface area contributed by atoms with Crippen LogP contribution in [0.2, 0.25) is 0 Å². The van der Waals surface area contributed by atoms with E-state index in [1.54, 1.807) is 0 Å². The van der Waals surface area contributed by atoms with Gasteiger partial charge in [0.15, 0.2) is 0 Å². The second-order valence-electron chi connectivity index (χ2n) is 6.32. The first-order chi connectivity index (χ1) is 8.52. The largest absolute Gasteiger partial charge is 0.472 e. The molecule has 0 aliphatic heterocycles. The van der Waals surface area contributed by atoms with Crippen LogP contribution in [0.5, 0.6) is 11.8 Å².